The smallest absolute Gasteiger partial charge is 0.237 e. The zero-order valence-electron chi connectivity index (χ0n) is 12.4. The number of likely N-dealkylation sites (N-methyl/N-ethyl adjacent to an activating group) is 1. The summed E-state index contributed by atoms with van der Waals surface area (Å²) in [6, 6.07) is 2.21. The molecule has 0 aromatic heterocycles. The van der Waals surface area contributed by atoms with Crippen LogP contribution in [0.3, 0.4) is 0 Å². The van der Waals surface area contributed by atoms with Gasteiger partial charge in [0.25, 0.3) is 0 Å². The summed E-state index contributed by atoms with van der Waals surface area (Å²) in [4.78, 5) is 14.0. The first kappa shape index (κ1) is 16.9. The highest BCUT2D eigenvalue weighted by Gasteiger charge is 2.21. The third kappa shape index (κ3) is 7.29. The van der Waals surface area contributed by atoms with Gasteiger partial charge in [-0.05, 0) is 32.9 Å². The van der Waals surface area contributed by atoms with Crippen LogP contribution < -0.4 is 5.32 Å². The van der Waals surface area contributed by atoms with Gasteiger partial charge in [0.1, 0.15) is 5.92 Å². The molecule has 0 saturated carbocycles. The molecular weight excluding hydrogens is 226 g/mol. The summed E-state index contributed by atoms with van der Waals surface area (Å²) in [5, 5.41) is 12.0. The van der Waals surface area contributed by atoms with Crippen molar-refractivity contribution in [2.45, 2.75) is 46.1 Å². The van der Waals surface area contributed by atoms with E-state index in [9.17, 15) is 4.79 Å². The molecule has 104 valence electrons. The molecule has 2 unspecified atom stereocenters. The average molecular weight is 253 g/mol. The number of carbonyl (C=O) groups is 1. The van der Waals surface area contributed by atoms with Gasteiger partial charge < -0.3 is 10.2 Å². The van der Waals surface area contributed by atoms with Crippen molar-refractivity contribution in [3.63, 3.8) is 0 Å². The predicted octanol–water partition coefficient (Wildman–Crippen LogP) is 2.02. The molecule has 0 aromatic carbocycles. The minimum atomic E-state index is -0.508. The molecule has 0 radical (unpaired) electrons. The Balaban J connectivity index is 4.46. The molecule has 0 spiro atoms. The second kappa shape index (κ2) is 8.93. The van der Waals surface area contributed by atoms with Crippen LogP contribution in [0.5, 0.6) is 0 Å². The van der Waals surface area contributed by atoms with E-state index in [0.29, 0.717) is 12.3 Å². The number of carbonyl (C=O) groups excluding carboxylic acids is 1. The summed E-state index contributed by atoms with van der Waals surface area (Å²) < 4.78 is 0. The molecule has 1 amide bonds. The van der Waals surface area contributed by atoms with E-state index in [4.69, 9.17) is 5.26 Å². The second-order valence-electron chi connectivity index (χ2n) is 5.57. The Kier molecular flexibility index (Phi) is 8.40. The molecule has 4 nitrogen and oxygen atoms in total. The van der Waals surface area contributed by atoms with Crippen LogP contribution in [0.1, 0.15) is 40.0 Å². The number of rotatable bonds is 8. The van der Waals surface area contributed by atoms with E-state index in [1.165, 1.54) is 0 Å². The van der Waals surface area contributed by atoms with Gasteiger partial charge in [0.05, 0.1) is 6.07 Å². The Bertz CT molecular complexity index is 271. The van der Waals surface area contributed by atoms with Crippen molar-refractivity contribution in [1.29, 1.82) is 5.26 Å². The summed E-state index contributed by atoms with van der Waals surface area (Å²) in [7, 11) is 3.99. The SMILES string of the molecule is CCCC(C#N)C(=O)NC(CC(C)C)CN(C)C. The number of amides is 1. The van der Waals surface area contributed by atoms with Gasteiger partial charge in [-0.1, -0.05) is 27.2 Å². The zero-order valence-corrected chi connectivity index (χ0v) is 12.4. The molecule has 0 bridgehead atoms. The summed E-state index contributed by atoms with van der Waals surface area (Å²) in [5.74, 6) is -0.0966. The zero-order chi connectivity index (χ0) is 14.1. The standard InChI is InChI=1S/C14H27N3O/c1-6-7-12(9-15)14(18)16-13(8-11(2)3)10-17(4)5/h11-13H,6-8,10H2,1-5H3,(H,16,18). The van der Waals surface area contributed by atoms with Crippen LogP contribution >= 0.6 is 0 Å². The molecule has 1 N–H and O–H groups in total. The molecule has 2 atom stereocenters. The average Bonchev–Trinajstić information content (AvgIpc) is 2.23. The quantitative estimate of drug-likeness (QED) is 0.720. The fourth-order valence-corrected chi connectivity index (χ4v) is 2.03. The first-order valence-corrected chi connectivity index (χ1v) is 6.75. The number of hydrogen-bond acceptors (Lipinski definition) is 3. The Hall–Kier alpha value is -1.08. The molecule has 0 fully saturated rings. The minimum Gasteiger partial charge on any atom is -0.351 e. The van der Waals surface area contributed by atoms with Crippen LogP contribution in [0.2, 0.25) is 0 Å². The fourth-order valence-electron chi connectivity index (χ4n) is 2.03. The molecule has 18 heavy (non-hydrogen) atoms. The second-order valence-corrected chi connectivity index (χ2v) is 5.57. The molecular formula is C14H27N3O. The van der Waals surface area contributed by atoms with Crippen molar-refractivity contribution in [2.75, 3.05) is 20.6 Å². The summed E-state index contributed by atoms with van der Waals surface area (Å²) >= 11 is 0. The summed E-state index contributed by atoms with van der Waals surface area (Å²) in [6.45, 7) is 7.09. The fraction of sp³-hybridized carbons (Fsp3) is 0.857. The van der Waals surface area contributed by atoms with Gasteiger partial charge in [-0.3, -0.25) is 4.79 Å². The highest BCUT2D eigenvalue weighted by molar-refractivity contribution is 5.81. The third-order valence-corrected chi connectivity index (χ3v) is 2.74. The Morgan fingerprint density at radius 1 is 1.39 bits per heavy atom. The number of nitrogens with one attached hydrogen (secondary N) is 1. The maximum absolute atomic E-state index is 12.0. The van der Waals surface area contributed by atoms with Crippen LogP contribution in [0.25, 0.3) is 0 Å². The normalized spacial score (nSPS) is 14.3. The van der Waals surface area contributed by atoms with Gasteiger partial charge >= 0.3 is 0 Å². The lowest BCUT2D eigenvalue weighted by molar-refractivity contribution is -0.124. The molecule has 4 heteroatoms. The monoisotopic (exact) mass is 253 g/mol. The van der Waals surface area contributed by atoms with Crippen molar-refractivity contribution in [3.05, 3.63) is 0 Å². The lowest BCUT2D eigenvalue weighted by atomic mass is 10.0. The van der Waals surface area contributed by atoms with Gasteiger partial charge in [0.2, 0.25) is 5.91 Å². The van der Waals surface area contributed by atoms with Crippen LogP contribution in [-0.2, 0) is 4.79 Å². The van der Waals surface area contributed by atoms with Crippen molar-refractivity contribution in [1.82, 2.24) is 10.2 Å². The highest BCUT2D eigenvalue weighted by atomic mass is 16.1. The van der Waals surface area contributed by atoms with Gasteiger partial charge in [-0.15, -0.1) is 0 Å². The van der Waals surface area contributed by atoms with Crippen LogP contribution in [0, 0.1) is 23.2 Å². The van der Waals surface area contributed by atoms with E-state index in [2.05, 4.69) is 30.1 Å². The Labute approximate surface area is 111 Å². The first-order valence-electron chi connectivity index (χ1n) is 6.75. The number of nitrogens with zero attached hydrogens (tertiary/aromatic N) is 2. The predicted molar refractivity (Wildman–Crippen MR) is 74.0 cm³/mol. The molecule has 0 rings (SSSR count). The van der Waals surface area contributed by atoms with Gasteiger partial charge in [-0.2, -0.15) is 5.26 Å². The van der Waals surface area contributed by atoms with Gasteiger partial charge in [0, 0.05) is 12.6 Å². The summed E-state index contributed by atoms with van der Waals surface area (Å²) in [6.07, 6.45) is 2.43. The number of hydrogen-bond donors (Lipinski definition) is 1. The lowest BCUT2D eigenvalue weighted by Gasteiger charge is -2.24. The maximum atomic E-state index is 12.0. The molecule has 0 heterocycles. The van der Waals surface area contributed by atoms with E-state index in [-0.39, 0.29) is 11.9 Å². The van der Waals surface area contributed by atoms with Crippen molar-refractivity contribution >= 4 is 5.91 Å². The van der Waals surface area contributed by atoms with E-state index in [1.54, 1.807) is 0 Å². The number of nitriles is 1. The van der Waals surface area contributed by atoms with E-state index >= 15 is 0 Å². The van der Waals surface area contributed by atoms with E-state index < -0.39 is 5.92 Å². The van der Waals surface area contributed by atoms with Crippen LogP contribution in [0.15, 0.2) is 0 Å². The Morgan fingerprint density at radius 2 is 2.00 bits per heavy atom. The largest absolute Gasteiger partial charge is 0.351 e. The van der Waals surface area contributed by atoms with E-state index in [0.717, 1.165) is 19.4 Å². The van der Waals surface area contributed by atoms with Crippen molar-refractivity contribution < 1.29 is 4.79 Å². The van der Waals surface area contributed by atoms with Crippen molar-refractivity contribution in [2.24, 2.45) is 11.8 Å². The van der Waals surface area contributed by atoms with Crippen LogP contribution in [-0.4, -0.2) is 37.5 Å². The van der Waals surface area contributed by atoms with Gasteiger partial charge in [-0.25, -0.2) is 0 Å². The first-order chi connectivity index (χ1) is 8.40. The molecule has 0 aliphatic rings. The maximum Gasteiger partial charge on any atom is 0.237 e. The minimum absolute atomic E-state index is 0.119. The van der Waals surface area contributed by atoms with E-state index in [1.807, 2.05) is 21.0 Å². The van der Waals surface area contributed by atoms with Gasteiger partial charge in [0.15, 0.2) is 0 Å². The molecule has 0 saturated heterocycles. The Morgan fingerprint density at radius 3 is 2.39 bits per heavy atom. The van der Waals surface area contributed by atoms with Crippen molar-refractivity contribution in [3.8, 4) is 6.07 Å². The molecule has 0 aliphatic heterocycles. The third-order valence-electron chi connectivity index (χ3n) is 2.74. The highest BCUT2D eigenvalue weighted by Crippen LogP contribution is 2.09. The summed E-state index contributed by atoms with van der Waals surface area (Å²) in [5.41, 5.74) is 0. The lowest BCUT2D eigenvalue weighted by Crippen LogP contribution is -2.44. The topological polar surface area (TPSA) is 56.1 Å². The van der Waals surface area contributed by atoms with Crippen LogP contribution in [0.4, 0.5) is 0 Å². The molecule has 0 aromatic rings. The molecule has 0 aliphatic carbocycles.